The number of hydrogen-bond acceptors (Lipinski definition) is 4. The lowest BCUT2D eigenvalue weighted by molar-refractivity contribution is -0.121. The molecule has 152 valence electrons. The second kappa shape index (κ2) is 9.74. The first kappa shape index (κ1) is 21.1. The van der Waals surface area contributed by atoms with Gasteiger partial charge in [-0.25, -0.2) is 4.98 Å². The molecule has 1 N–H and O–H groups in total. The van der Waals surface area contributed by atoms with Crippen LogP contribution in [0.4, 0.5) is 0 Å². The third-order valence-electron chi connectivity index (χ3n) is 4.89. The van der Waals surface area contributed by atoms with Gasteiger partial charge < -0.3 is 5.32 Å². The van der Waals surface area contributed by atoms with Crippen LogP contribution in [0.15, 0.2) is 64.5 Å². The molecule has 1 amide bonds. The van der Waals surface area contributed by atoms with Crippen LogP contribution in [-0.4, -0.2) is 20.7 Å². The fourth-order valence-corrected chi connectivity index (χ4v) is 4.29. The minimum atomic E-state index is -0.371. The number of nitrogens with one attached hydrogen (secondary N) is 1. The van der Waals surface area contributed by atoms with Gasteiger partial charge >= 0.3 is 0 Å². The second-order valence-electron chi connectivity index (χ2n) is 6.98. The highest BCUT2D eigenvalue weighted by Gasteiger charge is 2.22. The van der Waals surface area contributed by atoms with Crippen molar-refractivity contribution in [1.82, 2.24) is 14.9 Å². The largest absolute Gasteiger partial charge is 0.348 e. The molecule has 1 aromatic heterocycles. The lowest BCUT2D eigenvalue weighted by Gasteiger charge is -2.21. The summed E-state index contributed by atoms with van der Waals surface area (Å²) in [5, 5.41) is 3.97. The summed E-state index contributed by atoms with van der Waals surface area (Å²) in [7, 11) is 0. The van der Waals surface area contributed by atoms with Gasteiger partial charge in [-0.15, -0.1) is 0 Å². The predicted octanol–water partition coefficient (Wildman–Crippen LogP) is 4.55. The van der Waals surface area contributed by atoms with E-state index < -0.39 is 0 Å². The van der Waals surface area contributed by atoms with Crippen LogP contribution in [-0.2, 0) is 11.3 Å². The van der Waals surface area contributed by atoms with Gasteiger partial charge in [0.2, 0.25) is 5.91 Å². The molecule has 0 aliphatic rings. The van der Waals surface area contributed by atoms with E-state index in [1.807, 2.05) is 62.4 Å². The van der Waals surface area contributed by atoms with Crippen LogP contribution in [0.3, 0.4) is 0 Å². The molecule has 0 bridgehead atoms. The van der Waals surface area contributed by atoms with E-state index in [-0.39, 0.29) is 22.8 Å². The average molecular weight is 410 g/mol. The van der Waals surface area contributed by atoms with Crippen molar-refractivity contribution in [3.63, 3.8) is 0 Å². The maximum atomic E-state index is 12.9. The Balaban J connectivity index is 1.81. The van der Waals surface area contributed by atoms with Crippen LogP contribution in [0.25, 0.3) is 10.9 Å². The van der Waals surface area contributed by atoms with Crippen molar-refractivity contribution in [1.29, 1.82) is 0 Å². The Morgan fingerprint density at radius 2 is 1.79 bits per heavy atom. The first-order valence-corrected chi connectivity index (χ1v) is 10.9. The molecule has 6 heteroatoms. The number of fused-ring (bicyclic) bond motifs is 1. The van der Waals surface area contributed by atoms with Gasteiger partial charge in [0, 0.05) is 6.54 Å². The highest BCUT2D eigenvalue weighted by atomic mass is 32.2. The number of carbonyl (C=O) groups excluding carboxylic acids is 1. The number of hydrogen-bond donors (Lipinski definition) is 1. The molecule has 0 saturated heterocycles. The summed E-state index contributed by atoms with van der Waals surface area (Å²) in [6, 6.07) is 17.3. The zero-order valence-electron chi connectivity index (χ0n) is 17.1. The molecular formula is C23H27N3O2S. The molecule has 2 unspecified atom stereocenters. The second-order valence-corrected chi connectivity index (χ2v) is 8.29. The molecule has 0 aliphatic heterocycles. The van der Waals surface area contributed by atoms with Crippen molar-refractivity contribution in [2.24, 2.45) is 0 Å². The minimum Gasteiger partial charge on any atom is -0.348 e. The van der Waals surface area contributed by atoms with Crippen LogP contribution in [0.1, 0.15) is 45.2 Å². The third kappa shape index (κ3) is 4.88. The Kier molecular flexibility index (Phi) is 7.09. The SMILES string of the molecule is CCCC(NC(=O)C(C)Sc1nc2ccccc2c(=O)n1CC)c1ccccc1. The fourth-order valence-electron chi connectivity index (χ4n) is 3.31. The van der Waals surface area contributed by atoms with Crippen molar-refractivity contribution in [2.75, 3.05) is 0 Å². The maximum Gasteiger partial charge on any atom is 0.262 e. The van der Waals surface area contributed by atoms with Crippen molar-refractivity contribution >= 4 is 28.6 Å². The average Bonchev–Trinajstić information content (AvgIpc) is 2.74. The summed E-state index contributed by atoms with van der Waals surface area (Å²) in [6.45, 7) is 6.39. The quantitative estimate of drug-likeness (QED) is 0.438. The molecule has 29 heavy (non-hydrogen) atoms. The summed E-state index contributed by atoms with van der Waals surface area (Å²) >= 11 is 1.33. The summed E-state index contributed by atoms with van der Waals surface area (Å²) < 4.78 is 1.64. The van der Waals surface area contributed by atoms with Crippen LogP contribution in [0.2, 0.25) is 0 Å². The molecule has 0 spiro atoms. The number of para-hydroxylation sites is 1. The molecule has 0 fully saturated rings. The third-order valence-corrected chi connectivity index (χ3v) is 5.98. The van der Waals surface area contributed by atoms with Crippen molar-refractivity contribution < 1.29 is 4.79 Å². The van der Waals surface area contributed by atoms with E-state index in [1.54, 1.807) is 10.6 Å². The Morgan fingerprint density at radius 1 is 1.10 bits per heavy atom. The number of aromatic nitrogens is 2. The lowest BCUT2D eigenvalue weighted by atomic mass is 10.0. The van der Waals surface area contributed by atoms with Gasteiger partial charge in [-0.2, -0.15) is 0 Å². The van der Waals surface area contributed by atoms with Gasteiger partial charge in [-0.05, 0) is 38.0 Å². The number of carbonyl (C=O) groups is 1. The van der Waals surface area contributed by atoms with E-state index in [0.29, 0.717) is 22.6 Å². The Labute approximate surface area is 175 Å². The summed E-state index contributed by atoms with van der Waals surface area (Å²) in [4.78, 5) is 30.3. The predicted molar refractivity (Wildman–Crippen MR) is 119 cm³/mol. The van der Waals surface area contributed by atoms with Gasteiger partial charge in [-0.1, -0.05) is 67.6 Å². The van der Waals surface area contributed by atoms with E-state index in [2.05, 4.69) is 17.2 Å². The van der Waals surface area contributed by atoms with E-state index in [1.165, 1.54) is 11.8 Å². The standard InChI is InChI=1S/C23H27N3O2S/c1-4-11-19(17-12-7-6-8-13-17)24-21(27)16(3)29-23-25-20-15-10-9-14-18(20)22(28)26(23)5-2/h6-10,12-16,19H,4-5,11H2,1-3H3,(H,24,27). The zero-order valence-corrected chi connectivity index (χ0v) is 17.9. The molecule has 1 heterocycles. The van der Waals surface area contributed by atoms with E-state index in [0.717, 1.165) is 18.4 Å². The zero-order chi connectivity index (χ0) is 20.8. The molecule has 2 atom stereocenters. The van der Waals surface area contributed by atoms with E-state index in [4.69, 9.17) is 0 Å². The first-order valence-electron chi connectivity index (χ1n) is 10.1. The molecule has 0 saturated carbocycles. The molecule has 2 aromatic carbocycles. The first-order chi connectivity index (χ1) is 14.0. The normalized spacial score (nSPS) is 13.2. The molecule has 3 aromatic rings. The Morgan fingerprint density at radius 3 is 2.48 bits per heavy atom. The molecule has 0 radical (unpaired) electrons. The van der Waals surface area contributed by atoms with Crippen molar-refractivity contribution in [3.8, 4) is 0 Å². The van der Waals surface area contributed by atoms with Gasteiger partial charge in [0.05, 0.1) is 22.2 Å². The lowest BCUT2D eigenvalue weighted by Crippen LogP contribution is -2.35. The topological polar surface area (TPSA) is 64.0 Å². The number of thioether (sulfide) groups is 1. The molecule has 5 nitrogen and oxygen atoms in total. The van der Waals surface area contributed by atoms with Gasteiger partial charge in [0.15, 0.2) is 5.16 Å². The Hall–Kier alpha value is -2.60. The van der Waals surface area contributed by atoms with Crippen molar-refractivity contribution in [2.45, 2.75) is 56.6 Å². The fraction of sp³-hybridized carbons (Fsp3) is 0.348. The number of rotatable bonds is 8. The monoisotopic (exact) mass is 409 g/mol. The van der Waals surface area contributed by atoms with E-state index in [9.17, 15) is 9.59 Å². The highest BCUT2D eigenvalue weighted by molar-refractivity contribution is 8.00. The smallest absolute Gasteiger partial charge is 0.262 e. The Bertz CT molecular complexity index is 1030. The summed E-state index contributed by atoms with van der Waals surface area (Å²) in [6.07, 6.45) is 1.85. The molecular weight excluding hydrogens is 382 g/mol. The van der Waals surface area contributed by atoms with Gasteiger partial charge in [0.1, 0.15) is 0 Å². The van der Waals surface area contributed by atoms with Crippen LogP contribution >= 0.6 is 11.8 Å². The summed E-state index contributed by atoms with van der Waals surface area (Å²) in [5.74, 6) is -0.0534. The van der Waals surface area contributed by atoms with Crippen molar-refractivity contribution in [3.05, 3.63) is 70.5 Å². The minimum absolute atomic E-state index is 0.0188. The summed E-state index contributed by atoms with van der Waals surface area (Å²) in [5.41, 5.74) is 1.70. The molecule has 3 rings (SSSR count). The van der Waals surface area contributed by atoms with Gasteiger partial charge in [-0.3, -0.25) is 14.2 Å². The number of amides is 1. The van der Waals surface area contributed by atoms with Crippen LogP contribution in [0.5, 0.6) is 0 Å². The van der Waals surface area contributed by atoms with Crippen LogP contribution < -0.4 is 10.9 Å². The maximum absolute atomic E-state index is 12.9. The van der Waals surface area contributed by atoms with Crippen LogP contribution in [0, 0.1) is 0 Å². The van der Waals surface area contributed by atoms with Gasteiger partial charge in [0.25, 0.3) is 5.56 Å². The number of nitrogens with zero attached hydrogens (tertiary/aromatic N) is 2. The molecule has 0 aliphatic carbocycles. The van der Waals surface area contributed by atoms with E-state index >= 15 is 0 Å². The highest BCUT2D eigenvalue weighted by Crippen LogP contribution is 2.24. The number of benzene rings is 2.